The Hall–Kier alpha value is -0.390. The highest BCUT2D eigenvalue weighted by molar-refractivity contribution is 9.10. The molecule has 84 valence electrons. The number of carbonyl (C=O) groups excluding carboxylic acids is 1. The van der Waals surface area contributed by atoms with E-state index in [1.54, 1.807) is 16.2 Å². The van der Waals surface area contributed by atoms with Crippen molar-refractivity contribution in [3.05, 3.63) is 20.8 Å². The summed E-state index contributed by atoms with van der Waals surface area (Å²) in [6.07, 6.45) is 0. The molecule has 0 fully saturated rings. The molecule has 0 aliphatic heterocycles. The smallest absolute Gasteiger partial charge is 0.236 e. The molecule has 3 nitrogen and oxygen atoms in total. The first-order valence-corrected chi connectivity index (χ1v) is 6.49. The highest BCUT2D eigenvalue weighted by atomic mass is 79.9. The molecule has 15 heavy (non-hydrogen) atoms. The Morgan fingerprint density at radius 1 is 1.67 bits per heavy atom. The average molecular weight is 291 g/mol. The summed E-state index contributed by atoms with van der Waals surface area (Å²) in [6, 6.07) is 2.02. The molecule has 5 heteroatoms. The van der Waals surface area contributed by atoms with E-state index in [1.807, 2.05) is 25.4 Å². The summed E-state index contributed by atoms with van der Waals surface area (Å²) in [6.45, 7) is 3.85. The van der Waals surface area contributed by atoms with Crippen LogP contribution in [0.1, 0.15) is 11.8 Å². The number of hydrogen-bond donors (Lipinski definition) is 1. The first-order valence-electron chi connectivity index (χ1n) is 4.81. The van der Waals surface area contributed by atoms with Crippen molar-refractivity contribution >= 4 is 33.2 Å². The number of carbonyl (C=O) groups is 1. The minimum atomic E-state index is 0.130. The Morgan fingerprint density at radius 2 is 2.40 bits per heavy atom. The second kappa shape index (κ2) is 6.25. The number of nitrogens with one attached hydrogen (secondary N) is 1. The third-order valence-corrected chi connectivity index (χ3v) is 4.08. The van der Waals surface area contributed by atoms with Gasteiger partial charge in [0.15, 0.2) is 0 Å². The highest BCUT2D eigenvalue weighted by Gasteiger charge is 2.06. The molecule has 0 aliphatic rings. The molecule has 0 aliphatic carbocycles. The lowest BCUT2D eigenvalue weighted by Crippen LogP contribution is -2.35. The van der Waals surface area contributed by atoms with Crippen LogP contribution in [0.4, 0.5) is 0 Å². The molecule has 1 N–H and O–H groups in total. The first kappa shape index (κ1) is 12.7. The fraction of sp³-hybridized carbons (Fsp3) is 0.500. The molecule has 0 saturated heterocycles. The van der Waals surface area contributed by atoms with E-state index in [2.05, 4.69) is 21.2 Å². The second-order valence-corrected chi connectivity index (χ2v) is 5.06. The molecule has 1 heterocycles. The minimum absolute atomic E-state index is 0.130. The predicted molar refractivity (Wildman–Crippen MR) is 67.0 cm³/mol. The van der Waals surface area contributed by atoms with Crippen LogP contribution in [0.25, 0.3) is 0 Å². The van der Waals surface area contributed by atoms with Crippen LogP contribution < -0.4 is 5.32 Å². The lowest BCUT2D eigenvalue weighted by Gasteiger charge is -2.14. The normalized spacial score (nSPS) is 10.3. The van der Waals surface area contributed by atoms with Gasteiger partial charge in [0.1, 0.15) is 0 Å². The summed E-state index contributed by atoms with van der Waals surface area (Å²) < 4.78 is 1.11. The van der Waals surface area contributed by atoms with Crippen LogP contribution in [0.3, 0.4) is 0 Å². The van der Waals surface area contributed by atoms with Crippen molar-refractivity contribution in [2.45, 2.75) is 13.5 Å². The summed E-state index contributed by atoms with van der Waals surface area (Å²) in [7, 11) is 1.81. The molecule has 0 saturated carbocycles. The van der Waals surface area contributed by atoms with E-state index in [1.165, 1.54) is 4.88 Å². The molecule has 0 bridgehead atoms. The Balaban J connectivity index is 2.28. The van der Waals surface area contributed by atoms with E-state index in [0.29, 0.717) is 6.54 Å². The molecule has 1 rings (SSSR count). The van der Waals surface area contributed by atoms with Crippen molar-refractivity contribution in [1.29, 1.82) is 0 Å². The van der Waals surface area contributed by atoms with Gasteiger partial charge >= 0.3 is 0 Å². The van der Waals surface area contributed by atoms with E-state index < -0.39 is 0 Å². The zero-order chi connectivity index (χ0) is 11.3. The molecule has 0 spiro atoms. The van der Waals surface area contributed by atoms with Crippen LogP contribution in [0.2, 0.25) is 0 Å². The molecule has 0 aromatic carbocycles. The molecule has 1 amide bonds. The largest absolute Gasteiger partial charge is 0.345 e. The maximum atomic E-state index is 11.4. The fourth-order valence-corrected chi connectivity index (χ4v) is 2.51. The maximum absolute atomic E-state index is 11.4. The zero-order valence-electron chi connectivity index (χ0n) is 8.92. The van der Waals surface area contributed by atoms with Crippen LogP contribution in [-0.2, 0) is 11.3 Å². The Bertz CT molecular complexity index is 327. The van der Waals surface area contributed by atoms with Gasteiger partial charge in [-0.3, -0.25) is 4.79 Å². The zero-order valence-corrected chi connectivity index (χ0v) is 11.3. The number of amides is 1. The molecular formula is C10H15BrN2OS. The maximum Gasteiger partial charge on any atom is 0.236 e. The van der Waals surface area contributed by atoms with Crippen molar-refractivity contribution in [3.8, 4) is 0 Å². The minimum Gasteiger partial charge on any atom is -0.345 e. The lowest BCUT2D eigenvalue weighted by molar-refractivity contribution is -0.128. The van der Waals surface area contributed by atoms with Crippen LogP contribution in [-0.4, -0.2) is 30.9 Å². The molecule has 1 aromatic heterocycles. The fourth-order valence-electron chi connectivity index (χ4n) is 1.05. The Morgan fingerprint density at radius 3 is 2.93 bits per heavy atom. The Labute approximate surface area is 103 Å². The lowest BCUT2D eigenvalue weighted by atomic mass is 10.4. The number of nitrogens with zero attached hydrogens (tertiary/aromatic N) is 1. The number of hydrogen-bond acceptors (Lipinski definition) is 3. The van der Waals surface area contributed by atoms with Gasteiger partial charge in [-0.05, 0) is 34.3 Å². The summed E-state index contributed by atoms with van der Waals surface area (Å²) in [5.74, 6) is 0.130. The standard InChI is InChI=1S/C10H15BrN2OS/c1-3-13(2)10(14)7-12-6-9-8(11)4-5-15-9/h4-5,12H,3,6-7H2,1-2H3. The van der Waals surface area contributed by atoms with E-state index >= 15 is 0 Å². The van der Waals surface area contributed by atoms with Gasteiger partial charge in [-0.2, -0.15) is 0 Å². The third-order valence-electron chi connectivity index (χ3n) is 2.15. The first-order chi connectivity index (χ1) is 7.15. The summed E-state index contributed by atoms with van der Waals surface area (Å²) >= 11 is 5.13. The summed E-state index contributed by atoms with van der Waals surface area (Å²) in [5.41, 5.74) is 0. The molecule has 0 atom stereocenters. The van der Waals surface area contributed by atoms with Crippen molar-refractivity contribution < 1.29 is 4.79 Å². The molecule has 0 radical (unpaired) electrons. The highest BCUT2D eigenvalue weighted by Crippen LogP contribution is 2.21. The van der Waals surface area contributed by atoms with Gasteiger partial charge in [-0.25, -0.2) is 0 Å². The molecule has 0 unspecified atom stereocenters. The van der Waals surface area contributed by atoms with Gasteiger partial charge in [0.2, 0.25) is 5.91 Å². The molecule has 1 aromatic rings. The Kier molecular flexibility index (Phi) is 5.28. The quantitative estimate of drug-likeness (QED) is 0.901. The molecular weight excluding hydrogens is 276 g/mol. The van der Waals surface area contributed by atoms with Gasteiger partial charge in [-0.15, -0.1) is 11.3 Å². The summed E-state index contributed by atoms with van der Waals surface area (Å²) in [4.78, 5) is 14.4. The van der Waals surface area contributed by atoms with Crippen LogP contribution >= 0.6 is 27.3 Å². The van der Waals surface area contributed by atoms with Crippen LogP contribution in [0.15, 0.2) is 15.9 Å². The number of likely N-dealkylation sites (N-methyl/N-ethyl adjacent to an activating group) is 1. The SMILES string of the molecule is CCN(C)C(=O)CNCc1sccc1Br. The monoisotopic (exact) mass is 290 g/mol. The predicted octanol–water partition coefficient (Wildman–Crippen LogP) is 2.08. The van der Waals surface area contributed by atoms with Crippen LogP contribution in [0.5, 0.6) is 0 Å². The van der Waals surface area contributed by atoms with Gasteiger partial charge in [0.05, 0.1) is 6.54 Å². The van der Waals surface area contributed by atoms with E-state index in [-0.39, 0.29) is 5.91 Å². The van der Waals surface area contributed by atoms with E-state index in [0.717, 1.165) is 17.6 Å². The van der Waals surface area contributed by atoms with Crippen molar-refractivity contribution in [1.82, 2.24) is 10.2 Å². The van der Waals surface area contributed by atoms with Gasteiger partial charge in [0, 0.05) is 29.5 Å². The van der Waals surface area contributed by atoms with Crippen molar-refractivity contribution in [3.63, 3.8) is 0 Å². The van der Waals surface area contributed by atoms with E-state index in [4.69, 9.17) is 0 Å². The van der Waals surface area contributed by atoms with Gasteiger partial charge < -0.3 is 10.2 Å². The van der Waals surface area contributed by atoms with Crippen LogP contribution in [0, 0.1) is 0 Å². The van der Waals surface area contributed by atoms with Gasteiger partial charge in [-0.1, -0.05) is 0 Å². The number of halogens is 1. The number of rotatable bonds is 5. The van der Waals surface area contributed by atoms with Gasteiger partial charge in [0.25, 0.3) is 0 Å². The average Bonchev–Trinajstić information content (AvgIpc) is 2.63. The summed E-state index contributed by atoms with van der Waals surface area (Å²) in [5, 5.41) is 5.16. The van der Waals surface area contributed by atoms with Crippen molar-refractivity contribution in [2.24, 2.45) is 0 Å². The number of thiophene rings is 1. The second-order valence-electron chi connectivity index (χ2n) is 3.20. The topological polar surface area (TPSA) is 32.3 Å². The van der Waals surface area contributed by atoms with E-state index in [9.17, 15) is 4.79 Å². The van der Waals surface area contributed by atoms with Crippen molar-refractivity contribution in [2.75, 3.05) is 20.1 Å². The third kappa shape index (κ3) is 3.93.